The second-order valence-corrected chi connectivity index (χ2v) is 6.89. The molecule has 2 aromatic rings. The van der Waals surface area contributed by atoms with Crippen molar-refractivity contribution < 1.29 is 9.18 Å². The third-order valence-electron chi connectivity index (χ3n) is 4.78. The van der Waals surface area contributed by atoms with Gasteiger partial charge in [-0.15, -0.1) is 0 Å². The standard InChI is InChI=1S/C18H21FN4O/c1-23-10-13(9-21-23)22-18(24)12-4-5-16(19)14(6-12)15-7-17(15)20-8-11-2-3-11/h4-6,9-11,15,17,20H,2-3,7-8H2,1H3,(H,22,24). The highest BCUT2D eigenvalue weighted by Gasteiger charge is 2.40. The van der Waals surface area contributed by atoms with Crippen molar-refractivity contribution in [2.75, 3.05) is 11.9 Å². The second kappa shape index (κ2) is 6.02. The van der Waals surface area contributed by atoms with Crippen LogP contribution in [0.4, 0.5) is 10.1 Å². The molecule has 2 fully saturated rings. The first-order valence-electron chi connectivity index (χ1n) is 8.43. The van der Waals surface area contributed by atoms with Gasteiger partial charge in [-0.3, -0.25) is 9.48 Å². The lowest BCUT2D eigenvalue weighted by molar-refractivity contribution is 0.102. The molecule has 2 atom stereocenters. The number of benzene rings is 1. The van der Waals surface area contributed by atoms with Crippen molar-refractivity contribution >= 4 is 11.6 Å². The number of hydrogen-bond donors (Lipinski definition) is 2. The molecule has 1 heterocycles. The highest BCUT2D eigenvalue weighted by molar-refractivity contribution is 6.04. The molecule has 2 aliphatic carbocycles. The van der Waals surface area contributed by atoms with Gasteiger partial charge >= 0.3 is 0 Å². The van der Waals surface area contributed by atoms with Gasteiger partial charge < -0.3 is 10.6 Å². The zero-order valence-electron chi connectivity index (χ0n) is 13.6. The lowest BCUT2D eigenvalue weighted by Crippen LogP contribution is -2.20. The van der Waals surface area contributed by atoms with Crippen LogP contribution in [0.5, 0.6) is 0 Å². The van der Waals surface area contributed by atoms with Gasteiger partial charge in [-0.05, 0) is 55.5 Å². The minimum Gasteiger partial charge on any atom is -0.319 e. The summed E-state index contributed by atoms with van der Waals surface area (Å²) in [4.78, 5) is 12.3. The van der Waals surface area contributed by atoms with Crippen LogP contribution in [0.2, 0.25) is 0 Å². The van der Waals surface area contributed by atoms with E-state index in [1.807, 2.05) is 0 Å². The molecule has 1 aromatic heterocycles. The zero-order chi connectivity index (χ0) is 16.7. The van der Waals surface area contributed by atoms with Crippen LogP contribution < -0.4 is 10.6 Å². The minimum absolute atomic E-state index is 0.176. The van der Waals surface area contributed by atoms with E-state index in [9.17, 15) is 9.18 Å². The fourth-order valence-corrected chi connectivity index (χ4v) is 3.06. The van der Waals surface area contributed by atoms with Gasteiger partial charge in [-0.25, -0.2) is 4.39 Å². The minimum atomic E-state index is -0.243. The number of aromatic nitrogens is 2. The SMILES string of the molecule is Cn1cc(NC(=O)c2ccc(F)c(C3CC3NCC3CC3)c2)cn1. The average Bonchev–Trinajstić information content (AvgIpc) is 3.46. The van der Waals surface area contributed by atoms with Gasteiger partial charge in [-0.1, -0.05) is 0 Å². The Bertz CT molecular complexity index is 768. The molecule has 2 saturated carbocycles. The van der Waals surface area contributed by atoms with E-state index < -0.39 is 0 Å². The van der Waals surface area contributed by atoms with E-state index in [1.54, 1.807) is 30.2 Å². The van der Waals surface area contributed by atoms with Crippen molar-refractivity contribution in [3.8, 4) is 0 Å². The average molecular weight is 328 g/mol. The Morgan fingerprint density at radius 3 is 2.96 bits per heavy atom. The first-order chi connectivity index (χ1) is 11.6. The van der Waals surface area contributed by atoms with Crippen molar-refractivity contribution in [1.29, 1.82) is 0 Å². The quantitative estimate of drug-likeness (QED) is 0.857. The van der Waals surface area contributed by atoms with Gasteiger partial charge in [0, 0.05) is 30.8 Å². The molecule has 24 heavy (non-hydrogen) atoms. The summed E-state index contributed by atoms with van der Waals surface area (Å²) in [5.41, 5.74) is 1.74. The summed E-state index contributed by atoms with van der Waals surface area (Å²) >= 11 is 0. The second-order valence-electron chi connectivity index (χ2n) is 6.89. The fraction of sp³-hybridized carbons (Fsp3) is 0.444. The Morgan fingerprint density at radius 1 is 1.42 bits per heavy atom. The Balaban J connectivity index is 1.44. The molecule has 0 radical (unpaired) electrons. The van der Waals surface area contributed by atoms with Crippen molar-refractivity contribution in [1.82, 2.24) is 15.1 Å². The third-order valence-corrected chi connectivity index (χ3v) is 4.78. The predicted octanol–water partition coefficient (Wildman–Crippen LogP) is 2.67. The van der Waals surface area contributed by atoms with Crippen molar-refractivity contribution in [3.05, 3.63) is 47.5 Å². The van der Waals surface area contributed by atoms with Gasteiger partial charge in [0.25, 0.3) is 5.91 Å². The number of carbonyl (C=O) groups excluding carboxylic acids is 1. The van der Waals surface area contributed by atoms with Crippen molar-refractivity contribution in [2.45, 2.75) is 31.2 Å². The van der Waals surface area contributed by atoms with Crippen molar-refractivity contribution in [2.24, 2.45) is 13.0 Å². The molecule has 126 valence electrons. The molecule has 0 spiro atoms. The maximum Gasteiger partial charge on any atom is 0.255 e. The zero-order valence-corrected chi connectivity index (χ0v) is 13.6. The Kier molecular flexibility index (Phi) is 3.84. The summed E-state index contributed by atoms with van der Waals surface area (Å²) in [6.45, 7) is 1.03. The summed E-state index contributed by atoms with van der Waals surface area (Å²) in [6, 6.07) is 4.95. The molecule has 2 aliphatic rings. The predicted molar refractivity (Wildman–Crippen MR) is 89.4 cm³/mol. The van der Waals surface area contributed by atoms with E-state index in [1.165, 1.54) is 25.0 Å². The molecule has 0 bridgehead atoms. The molecular weight excluding hydrogens is 307 g/mol. The Labute approximate surface area is 140 Å². The number of aryl methyl sites for hydroxylation is 1. The molecule has 0 saturated heterocycles. The number of nitrogens with zero attached hydrogens (tertiary/aromatic N) is 2. The fourth-order valence-electron chi connectivity index (χ4n) is 3.06. The van der Waals surface area contributed by atoms with Crippen LogP contribution in [0, 0.1) is 11.7 Å². The lowest BCUT2D eigenvalue weighted by Gasteiger charge is -2.08. The Hall–Kier alpha value is -2.21. The monoisotopic (exact) mass is 328 g/mol. The summed E-state index contributed by atoms with van der Waals surface area (Å²) in [7, 11) is 1.79. The van der Waals surface area contributed by atoms with Crippen LogP contribution in [-0.2, 0) is 7.05 Å². The first-order valence-corrected chi connectivity index (χ1v) is 8.43. The van der Waals surface area contributed by atoms with Gasteiger partial charge in [0.05, 0.1) is 11.9 Å². The topological polar surface area (TPSA) is 59.0 Å². The van der Waals surface area contributed by atoms with E-state index in [4.69, 9.17) is 0 Å². The third kappa shape index (κ3) is 3.33. The molecule has 1 amide bonds. The maximum atomic E-state index is 14.2. The number of hydrogen-bond acceptors (Lipinski definition) is 3. The lowest BCUT2D eigenvalue weighted by atomic mass is 10.1. The van der Waals surface area contributed by atoms with Gasteiger partial charge in [0.15, 0.2) is 0 Å². The molecule has 6 heteroatoms. The smallest absolute Gasteiger partial charge is 0.255 e. The molecule has 2 unspecified atom stereocenters. The van der Waals surface area contributed by atoms with Crippen LogP contribution >= 0.6 is 0 Å². The molecule has 5 nitrogen and oxygen atoms in total. The van der Waals surface area contributed by atoms with Gasteiger partial charge in [-0.2, -0.15) is 5.10 Å². The number of amides is 1. The number of nitrogens with one attached hydrogen (secondary N) is 2. The number of halogens is 1. The summed E-state index contributed by atoms with van der Waals surface area (Å²) < 4.78 is 15.8. The summed E-state index contributed by atoms with van der Waals surface area (Å²) in [5, 5.41) is 10.3. The van der Waals surface area contributed by atoms with Crippen LogP contribution in [0.1, 0.15) is 41.1 Å². The molecule has 1 aromatic carbocycles. The van der Waals surface area contributed by atoms with E-state index in [2.05, 4.69) is 15.7 Å². The largest absolute Gasteiger partial charge is 0.319 e. The number of carbonyl (C=O) groups is 1. The highest BCUT2D eigenvalue weighted by Crippen LogP contribution is 2.43. The van der Waals surface area contributed by atoms with Crippen LogP contribution in [0.25, 0.3) is 0 Å². The first kappa shape index (κ1) is 15.3. The van der Waals surface area contributed by atoms with Crippen molar-refractivity contribution in [3.63, 3.8) is 0 Å². The molecule has 4 rings (SSSR count). The Morgan fingerprint density at radius 2 is 2.25 bits per heavy atom. The van der Waals surface area contributed by atoms with Crippen LogP contribution in [0.3, 0.4) is 0 Å². The highest BCUT2D eigenvalue weighted by atomic mass is 19.1. The van der Waals surface area contributed by atoms with Crippen LogP contribution in [0.15, 0.2) is 30.6 Å². The number of rotatable bonds is 6. The maximum absolute atomic E-state index is 14.2. The molecular formula is C18H21FN4O. The molecule has 2 N–H and O–H groups in total. The normalized spacial score (nSPS) is 22.4. The number of anilines is 1. The van der Waals surface area contributed by atoms with Gasteiger partial charge in [0.2, 0.25) is 0 Å². The van der Waals surface area contributed by atoms with E-state index in [-0.39, 0.29) is 17.6 Å². The van der Waals surface area contributed by atoms with Gasteiger partial charge in [0.1, 0.15) is 5.82 Å². The van der Waals surface area contributed by atoms with E-state index in [0.29, 0.717) is 22.9 Å². The van der Waals surface area contributed by atoms with Crippen LogP contribution in [-0.4, -0.2) is 28.3 Å². The summed E-state index contributed by atoms with van der Waals surface area (Å²) in [6.07, 6.45) is 6.87. The van der Waals surface area contributed by atoms with E-state index >= 15 is 0 Å². The summed E-state index contributed by atoms with van der Waals surface area (Å²) in [5.74, 6) is 0.517. The van der Waals surface area contributed by atoms with E-state index in [0.717, 1.165) is 18.9 Å². The molecule has 0 aliphatic heterocycles.